The second-order valence-corrected chi connectivity index (χ2v) is 5.33. The van der Waals surface area contributed by atoms with Gasteiger partial charge in [-0.15, -0.1) is 0 Å². The van der Waals surface area contributed by atoms with E-state index in [9.17, 15) is 4.21 Å². The predicted octanol–water partition coefficient (Wildman–Crippen LogP) is 0.522. The van der Waals surface area contributed by atoms with Gasteiger partial charge in [0.05, 0.1) is 6.61 Å². The summed E-state index contributed by atoms with van der Waals surface area (Å²) in [6.07, 6.45) is 3.33. The van der Waals surface area contributed by atoms with Crippen molar-refractivity contribution in [3.05, 3.63) is 0 Å². The average molecular weight is 205 g/mol. The fraction of sp³-hybridized carbons (Fsp3) is 1.00. The van der Waals surface area contributed by atoms with Crippen molar-refractivity contribution in [2.24, 2.45) is 0 Å². The normalized spacial score (nSPS) is 30.6. The lowest BCUT2D eigenvalue weighted by atomic mass is 10.3. The molecule has 0 radical (unpaired) electrons. The van der Waals surface area contributed by atoms with E-state index in [4.69, 9.17) is 4.74 Å². The van der Waals surface area contributed by atoms with Crippen LogP contribution in [-0.4, -0.2) is 42.0 Å². The topological polar surface area (TPSA) is 38.3 Å². The lowest BCUT2D eigenvalue weighted by molar-refractivity contribution is 0.218. The van der Waals surface area contributed by atoms with Crippen LogP contribution in [0.4, 0.5) is 0 Å². The Hall–Kier alpha value is 0.0700. The molecule has 3 atom stereocenters. The number of hydrogen-bond acceptors (Lipinski definition) is 3. The zero-order valence-electron chi connectivity index (χ0n) is 8.41. The Balaban J connectivity index is 2.25. The Kier molecular flexibility index (Phi) is 4.91. The van der Waals surface area contributed by atoms with Crippen molar-refractivity contribution in [1.82, 2.24) is 5.32 Å². The van der Waals surface area contributed by atoms with Gasteiger partial charge in [0.15, 0.2) is 0 Å². The van der Waals surface area contributed by atoms with Gasteiger partial charge in [0, 0.05) is 35.0 Å². The van der Waals surface area contributed by atoms with Crippen molar-refractivity contribution in [3.63, 3.8) is 0 Å². The third-order valence-electron chi connectivity index (χ3n) is 2.65. The summed E-state index contributed by atoms with van der Waals surface area (Å²) in [7, 11) is 2.95. The van der Waals surface area contributed by atoms with Crippen molar-refractivity contribution in [1.29, 1.82) is 0 Å². The third kappa shape index (κ3) is 3.37. The summed E-state index contributed by atoms with van der Waals surface area (Å²) < 4.78 is 16.6. The fourth-order valence-corrected chi connectivity index (χ4v) is 3.28. The summed E-state index contributed by atoms with van der Waals surface area (Å²) in [6, 6.07) is 0.580. The molecule has 1 aliphatic rings. The molecule has 0 spiro atoms. The molecule has 0 aromatic heterocycles. The summed E-state index contributed by atoms with van der Waals surface area (Å²) in [4.78, 5) is 0. The lowest BCUT2D eigenvalue weighted by Gasteiger charge is -2.10. The first kappa shape index (κ1) is 11.1. The maximum Gasteiger partial charge on any atom is 0.0577 e. The quantitative estimate of drug-likeness (QED) is 0.711. The van der Waals surface area contributed by atoms with Gasteiger partial charge in [0.25, 0.3) is 0 Å². The van der Waals surface area contributed by atoms with Crippen LogP contribution in [0.5, 0.6) is 0 Å². The van der Waals surface area contributed by atoms with E-state index < -0.39 is 10.8 Å². The molecular formula is C9H19NO2S. The van der Waals surface area contributed by atoms with Crippen LogP contribution in [0.1, 0.15) is 19.3 Å². The van der Waals surface area contributed by atoms with E-state index in [-0.39, 0.29) is 0 Å². The first-order valence-electron chi connectivity index (χ1n) is 4.81. The number of methoxy groups -OCH3 is 1. The SMILES string of the molecule is CNC1CCC(S(=O)CCOC)C1. The molecule has 13 heavy (non-hydrogen) atoms. The van der Waals surface area contributed by atoms with Gasteiger partial charge in [-0.25, -0.2) is 0 Å². The van der Waals surface area contributed by atoms with Gasteiger partial charge in [0.1, 0.15) is 0 Å². The van der Waals surface area contributed by atoms with Crippen molar-refractivity contribution in [3.8, 4) is 0 Å². The Morgan fingerprint density at radius 2 is 2.31 bits per heavy atom. The molecule has 78 valence electrons. The highest BCUT2D eigenvalue weighted by atomic mass is 32.2. The number of nitrogens with one attached hydrogen (secondary N) is 1. The largest absolute Gasteiger partial charge is 0.384 e. The predicted molar refractivity (Wildman–Crippen MR) is 55.4 cm³/mol. The van der Waals surface area contributed by atoms with Crippen molar-refractivity contribution in [2.45, 2.75) is 30.6 Å². The van der Waals surface area contributed by atoms with Crippen LogP contribution in [0.2, 0.25) is 0 Å². The Morgan fingerprint density at radius 3 is 2.85 bits per heavy atom. The average Bonchev–Trinajstić information content (AvgIpc) is 2.62. The Bertz CT molecular complexity index is 175. The van der Waals surface area contributed by atoms with Crippen LogP contribution in [0.3, 0.4) is 0 Å². The molecule has 0 aliphatic heterocycles. The minimum absolute atomic E-state index is 0.396. The van der Waals surface area contributed by atoms with E-state index in [1.54, 1.807) is 7.11 Å². The second kappa shape index (κ2) is 5.73. The number of rotatable bonds is 5. The summed E-state index contributed by atoms with van der Waals surface area (Å²) in [5.74, 6) is 0.692. The smallest absolute Gasteiger partial charge is 0.0577 e. The molecule has 0 aromatic rings. The maximum atomic E-state index is 11.7. The molecule has 0 aromatic carbocycles. The first-order chi connectivity index (χ1) is 6.27. The van der Waals surface area contributed by atoms with E-state index in [1.165, 1.54) is 6.42 Å². The van der Waals surface area contributed by atoms with Crippen molar-refractivity contribution in [2.75, 3.05) is 26.5 Å². The lowest BCUT2D eigenvalue weighted by Crippen LogP contribution is -2.24. The van der Waals surface area contributed by atoms with Crippen LogP contribution in [0.15, 0.2) is 0 Å². The fourth-order valence-electron chi connectivity index (χ4n) is 1.77. The molecule has 1 N–H and O–H groups in total. The zero-order valence-corrected chi connectivity index (χ0v) is 9.23. The van der Waals surface area contributed by atoms with Gasteiger partial charge in [0.2, 0.25) is 0 Å². The van der Waals surface area contributed by atoms with Gasteiger partial charge in [-0.3, -0.25) is 4.21 Å². The summed E-state index contributed by atoms with van der Waals surface area (Å²) in [5.41, 5.74) is 0. The highest BCUT2D eigenvalue weighted by molar-refractivity contribution is 7.85. The highest BCUT2D eigenvalue weighted by Gasteiger charge is 2.27. The molecule has 3 nitrogen and oxygen atoms in total. The van der Waals surface area contributed by atoms with Crippen LogP contribution in [-0.2, 0) is 15.5 Å². The summed E-state index contributed by atoms with van der Waals surface area (Å²) >= 11 is 0. The molecule has 1 rings (SSSR count). The summed E-state index contributed by atoms with van der Waals surface area (Å²) in [6.45, 7) is 0.618. The number of hydrogen-bond donors (Lipinski definition) is 1. The Morgan fingerprint density at radius 1 is 1.54 bits per heavy atom. The van der Waals surface area contributed by atoms with Gasteiger partial charge in [-0.2, -0.15) is 0 Å². The van der Waals surface area contributed by atoms with Crippen LogP contribution < -0.4 is 5.32 Å². The molecule has 0 amide bonds. The van der Waals surface area contributed by atoms with Crippen molar-refractivity contribution >= 4 is 10.8 Å². The summed E-state index contributed by atoms with van der Waals surface area (Å²) in [5, 5.41) is 3.64. The molecule has 4 heteroatoms. The minimum Gasteiger partial charge on any atom is -0.384 e. The second-order valence-electron chi connectivity index (χ2n) is 3.50. The number of ether oxygens (including phenoxy) is 1. The van der Waals surface area contributed by atoms with Crippen LogP contribution in [0.25, 0.3) is 0 Å². The maximum absolute atomic E-state index is 11.7. The molecule has 1 aliphatic carbocycles. The van der Waals surface area contributed by atoms with Gasteiger partial charge in [-0.05, 0) is 26.3 Å². The van der Waals surface area contributed by atoms with E-state index in [2.05, 4.69) is 5.32 Å². The first-order valence-corrected chi connectivity index (χ1v) is 6.19. The molecule has 1 saturated carbocycles. The van der Waals surface area contributed by atoms with E-state index >= 15 is 0 Å². The minimum atomic E-state index is -0.683. The molecular weight excluding hydrogens is 186 g/mol. The Labute approximate surface area is 82.7 Å². The van der Waals surface area contributed by atoms with Gasteiger partial charge >= 0.3 is 0 Å². The van der Waals surface area contributed by atoms with E-state index in [0.29, 0.717) is 23.7 Å². The molecule has 0 heterocycles. The van der Waals surface area contributed by atoms with Crippen molar-refractivity contribution < 1.29 is 8.95 Å². The molecule has 0 saturated heterocycles. The molecule has 0 bridgehead atoms. The third-order valence-corrected chi connectivity index (χ3v) is 4.39. The van der Waals surface area contributed by atoms with Gasteiger partial charge in [-0.1, -0.05) is 0 Å². The monoisotopic (exact) mass is 205 g/mol. The van der Waals surface area contributed by atoms with E-state index in [1.807, 2.05) is 7.05 Å². The molecule has 1 fully saturated rings. The van der Waals surface area contributed by atoms with Gasteiger partial charge < -0.3 is 10.1 Å². The van der Waals surface area contributed by atoms with Crippen LogP contribution in [0, 0.1) is 0 Å². The van der Waals surface area contributed by atoms with E-state index in [0.717, 1.165) is 12.8 Å². The zero-order chi connectivity index (χ0) is 9.68. The molecule has 3 unspecified atom stereocenters. The standard InChI is InChI=1S/C9H19NO2S/c1-10-8-3-4-9(7-8)13(11)6-5-12-2/h8-10H,3-7H2,1-2H3. The highest BCUT2D eigenvalue weighted by Crippen LogP contribution is 2.23. The van der Waals surface area contributed by atoms with Crippen LogP contribution >= 0.6 is 0 Å².